The standard InChI is InChI=1S/C23H45NO/c1-3-4-5-6-7-8-9-10-11-12-13-14-15-16-17-18-22-25-23-20-19-21-24(23)2/h10-11,23H,3-9,12-22H2,1-2H3/b11-10-. The van der Waals surface area contributed by atoms with Gasteiger partial charge in [0.25, 0.3) is 0 Å². The molecule has 0 aliphatic carbocycles. The van der Waals surface area contributed by atoms with Crippen LogP contribution in [-0.2, 0) is 4.74 Å². The van der Waals surface area contributed by atoms with Crippen molar-refractivity contribution in [2.24, 2.45) is 0 Å². The van der Waals surface area contributed by atoms with E-state index in [1.807, 2.05) is 0 Å². The van der Waals surface area contributed by atoms with E-state index >= 15 is 0 Å². The molecule has 148 valence electrons. The molecular weight excluding hydrogens is 306 g/mol. The summed E-state index contributed by atoms with van der Waals surface area (Å²) in [5.74, 6) is 0. The van der Waals surface area contributed by atoms with Crippen molar-refractivity contribution in [1.82, 2.24) is 4.90 Å². The summed E-state index contributed by atoms with van der Waals surface area (Å²) in [6, 6.07) is 0. The average molecular weight is 352 g/mol. The van der Waals surface area contributed by atoms with Gasteiger partial charge in [-0.15, -0.1) is 0 Å². The Labute approximate surface area is 158 Å². The van der Waals surface area contributed by atoms with Crippen LogP contribution in [0.3, 0.4) is 0 Å². The fourth-order valence-corrected chi connectivity index (χ4v) is 3.66. The fourth-order valence-electron chi connectivity index (χ4n) is 3.66. The summed E-state index contributed by atoms with van der Waals surface area (Å²) in [4.78, 5) is 2.35. The van der Waals surface area contributed by atoms with E-state index in [0.29, 0.717) is 6.23 Å². The lowest BCUT2D eigenvalue weighted by Crippen LogP contribution is -2.27. The van der Waals surface area contributed by atoms with E-state index < -0.39 is 0 Å². The van der Waals surface area contributed by atoms with Crippen LogP contribution in [0.5, 0.6) is 0 Å². The lowest BCUT2D eigenvalue weighted by molar-refractivity contribution is -0.0249. The lowest BCUT2D eigenvalue weighted by Gasteiger charge is -2.19. The first-order valence-corrected chi connectivity index (χ1v) is 11.3. The van der Waals surface area contributed by atoms with Gasteiger partial charge in [-0.25, -0.2) is 0 Å². The van der Waals surface area contributed by atoms with Crippen LogP contribution in [0.4, 0.5) is 0 Å². The molecule has 25 heavy (non-hydrogen) atoms. The highest BCUT2D eigenvalue weighted by Crippen LogP contribution is 2.16. The van der Waals surface area contributed by atoms with Gasteiger partial charge >= 0.3 is 0 Å². The molecule has 1 rings (SSSR count). The van der Waals surface area contributed by atoms with E-state index in [-0.39, 0.29) is 0 Å². The number of allylic oxidation sites excluding steroid dienone is 2. The molecule has 0 radical (unpaired) electrons. The second kappa shape index (κ2) is 17.1. The van der Waals surface area contributed by atoms with Crippen molar-refractivity contribution in [2.75, 3.05) is 20.2 Å². The maximum atomic E-state index is 5.95. The van der Waals surface area contributed by atoms with Crippen LogP contribution in [-0.4, -0.2) is 31.3 Å². The third-order valence-electron chi connectivity index (χ3n) is 5.42. The lowest BCUT2D eigenvalue weighted by atomic mass is 10.1. The number of nitrogens with zero attached hydrogens (tertiary/aromatic N) is 1. The molecule has 1 heterocycles. The first kappa shape index (κ1) is 22.7. The molecule has 1 aliphatic rings. The quantitative estimate of drug-likeness (QED) is 0.205. The summed E-state index contributed by atoms with van der Waals surface area (Å²) in [6.07, 6.45) is 26.9. The summed E-state index contributed by atoms with van der Waals surface area (Å²) in [6.45, 7) is 4.45. The third-order valence-corrected chi connectivity index (χ3v) is 5.42. The minimum atomic E-state index is 0.406. The van der Waals surface area contributed by atoms with Gasteiger partial charge in [0.15, 0.2) is 0 Å². The summed E-state index contributed by atoms with van der Waals surface area (Å²) >= 11 is 0. The maximum absolute atomic E-state index is 5.95. The highest BCUT2D eigenvalue weighted by Gasteiger charge is 2.20. The van der Waals surface area contributed by atoms with Gasteiger partial charge in [-0.3, -0.25) is 4.90 Å². The molecule has 0 amide bonds. The van der Waals surface area contributed by atoms with E-state index in [1.165, 1.54) is 109 Å². The number of rotatable bonds is 17. The molecule has 1 aliphatic heterocycles. The van der Waals surface area contributed by atoms with Gasteiger partial charge in [0, 0.05) is 13.2 Å². The highest BCUT2D eigenvalue weighted by molar-refractivity contribution is 4.81. The maximum Gasteiger partial charge on any atom is 0.110 e. The number of hydrogen-bond acceptors (Lipinski definition) is 2. The predicted octanol–water partition coefficient (Wildman–Crippen LogP) is 7.09. The van der Waals surface area contributed by atoms with Crippen molar-refractivity contribution in [2.45, 2.75) is 116 Å². The van der Waals surface area contributed by atoms with Crippen LogP contribution in [0, 0.1) is 0 Å². The van der Waals surface area contributed by atoms with Crippen molar-refractivity contribution in [3.05, 3.63) is 12.2 Å². The zero-order valence-corrected chi connectivity index (χ0v) is 17.3. The molecule has 2 nitrogen and oxygen atoms in total. The van der Waals surface area contributed by atoms with Gasteiger partial charge < -0.3 is 4.74 Å². The van der Waals surface area contributed by atoms with E-state index in [2.05, 4.69) is 31.0 Å². The van der Waals surface area contributed by atoms with Gasteiger partial charge in [0.2, 0.25) is 0 Å². The Hall–Kier alpha value is -0.340. The monoisotopic (exact) mass is 351 g/mol. The van der Waals surface area contributed by atoms with Crippen LogP contribution in [0.15, 0.2) is 12.2 Å². The molecule has 0 aromatic carbocycles. The van der Waals surface area contributed by atoms with Crippen molar-refractivity contribution in [3.8, 4) is 0 Å². The molecule has 2 heteroatoms. The Kier molecular flexibility index (Phi) is 15.5. The number of likely N-dealkylation sites (tertiary alicyclic amines) is 1. The zero-order chi connectivity index (χ0) is 18.0. The van der Waals surface area contributed by atoms with Crippen LogP contribution in [0.2, 0.25) is 0 Å². The number of hydrogen-bond donors (Lipinski definition) is 0. The largest absolute Gasteiger partial charge is 0.363 e. The van der Waals surface area contributed by atoms with E-state index in [0.717, 1.165) is 6.61 Å². The summed E-state index contributed by atoms with van der Waals surface area (Å²) in [5.41, 5.74) is 0. The van der Waals surface area contributed by atoms with Gasteiger partial charge in [-0.1, -0.05) is 76.9 Å². The molecular formula is C23H45NO. The molecule has 1 unspecified atom stereocenters. The Morgan fingerprint density at radius 3 is 1.92 bits per heavy atom. The first-order valence-electron chi connectivity index (χ1n) is 11.3. The van der Waals surface area contributed by atoms with Crippen LogP contribution >= 0.6 is 0 Å². The Morgan fingerprint density at radius 2 is 1.36 bits per heavy atom. The first-order chi connectivity index (χ1) is 12.3. The fraction of sp³-hybridized carbons (Fsp3) is 0.913. The number of unbranched alkanes of at least 4 members (excludes halogenated alkanes) is 12. The smallest absolute Gasteiger partial charge is 0.110 e. The summed E-state index contributed by atoms with van der Waals surface area (Å²) in [5, 5.41) is 0. The molecule has 0 saturated carbocycles. The zero-order valence-electron chi connectivity index (χ0n) is 17.3. The van der Waals surface area contributed by atoms with E-state index in [9.17, 15) is 0 Å². The third kappa shape index (κ3) is 13.5. The molecule has 0 N–H and O–H groups in total. The molecule has 0 aromatic heterocycles. The average Bonchev–Trinajstić information content (AvgIpc) is 3.02. The van der Waals surface area contributed by atoms with Crippen molar-refractivity contribution >= 4 is 0 Å². The SMILES string of the molecule is CCCCCCCC/C=C\CCCCCCCCOC1CCCN1C. The molecule has 1 saturated heterocycles. The Bertz CT molecular complexity index is 302. The van der Waals surface area contributed by atoms with Crippen LogP contribution < -0.4 is 0 Å². The summed E-state index contributed by atoms with van der Waals surface area (Å²) in [7, 11) is 2.18. The van der Waals surface area contributed by atoms with Crippen molar-refractivity contribution in [1.29, 1.82) is 0 Å². The molecule has 1 fully saturated rings. The van der Waals surface area contributed by atoms with Crippen molar-refractivity contribution in [3.63, 3.8) is 0 Å². The van der Waals surface area contributed by atoms with Gasteiger partial charge in [-0.2, -0.15) is 0 Å². The van der Waals surface area contributed by atoms with E-state index in [1.54, 1.807) is 0 Å². The van der Waals surface area contributed by atoms with Gasteiger partial charge in [0.1, 0.15) is 6.23 Å². The summed E-state index contributed by atoms with van der Waals surface area (Å²) < 4.78 is 5.95. The molecule has 1 atom stereocenters. The number of ether oxygens (including phenoxy) is 1. The topological polar surface area (TPSA) is 12.5 Å². The van der Waals surface area contributed by atoms with Gasteiger partial charge in [0.05, 0.1) is 0 Å². The van der Waals surface area contributed by atoms with Gasteiger partial charge in [-0.05, 0) is 52.0 Å². The van der Waals surface area contributed by atoms with Crippen LogP contribution in [0.1, 0.15) is 110 Å². The minimum Gasteiger partial charge on any atom is -0.363 e. The molecule has 0 spiro atoms. The van der Waals surface area contributed by atoms with E-state index in [4.69, 9.17) is 4.74 Å². The Morgan fingerprint density at radius 1 is 0.800 bits per heavy atom. The normalized spacial score (nSPS) is 18.6. The predicted molar refractivity (Wildman–Crippen MR) is 111 cm³/mol. The second-order valence-electron chi connectivity index (χ2n) is 7.89. The minimum absolute atomic E-state index is 0.406. The molecule has 0 bridgehead atoms. The second-order valence-corrected chi connectivity index (χ2v) is 7.89. The molecule has 0 aromatic rings. The van der Waals surface area contributed by atoms with Crippen LogP contribution in [0.25, 0.3) is 0 Å². The highest BCUT2D eigenvalue weighted by atomic mass is 16.5. The van der Waals surface area contributed by atoms with Crippen molar-refractivity contribution < 1.29 is 4.74 Å². The Balaban J connectivity index is 1.72.